The first-order valence-electron chi connectivity index (χ1n) is 10.7. The Morgan fingerprint density at radius 3 is 2.36 bits per heavy atom. The predicted octanol–water partition coefficient (Wildman–Crippen LogP) is 4.29. The standard InChI is InChI=1S/C26H24N2O4S/c1-31-20-10-8-19(9-11-20)24(29)28-14-15-33-26(28)22-16-21(32-2)12-13-23(22)27(25(26)30)17-18-6-4-3-5-7-18/h3-13,16H,14-15,17H2,1-2H3/t26-/m1/s1. The van der Waals surface area contributed by atoms with Gasteiger partial charge in [0, 0.05) is 23.4 Å². The number of carbonyl (C=O) groups excluding carboxylic acids is 2. The minimum Gasteiger partial charge on any atom is -0.497 e. The van der Waals surface area contributed by atoms with Crippen LogP contribution in [0.4, 0.5) is 5.69 Å². The second-order valence-electron chi connectivity index (χ2n) is 7.94. The van der Waals surface area contributed by atoms with E-state index in [2.05, 4.69) is 0 Å². The van der Waals surface area contributed by atoms with E-state index >= 15 is 0 Å². The minimum atomic E-state index is -1.12. The van der Waals surface area contributed by atoms with Crippen molar-refractivity contribution in [3.63, 3.8) is 0 Å². The molecule has 0 aromatic heterocycles. The van der Waals surface area contributed by atoms with Gasteiger partial charge in [-0.05, 0) is 48.0 Å². The summed E-state index contributed by atoms with van der Waals surface area (Å²) in [6.45, 7) is 0.920. The zero-order valence-corrected chi connectivity index (χ0v) is 19.3. The third kappa shape index (κ3) is 3.43. The highest BCUT2D eigenvalue weighted by molar-refractivity contribution is 8.01. The van der Waals surface area contributed by atoms with E-state index in [0.29, 0.717) is 35.9 Å². The molecule has 1 saturated heterocycles. The first-order valence-corrected chi connectivity index (χ1v) is 11.7. The van der Waals surface area contributed by atoms with E-state index in [9.17, 15) is 9.59 Å². The van der Waals surface area contributed by atoms with Gasteiger partial charge in [-0.15, -0.1) is 11.8 Å². The van der Waals surface area contributed by atoms with Crippen molar-refractivity contribution in [3.8, 4) is 11.5 Å². The molecule has 2 aliphatic heterocycles. The number of hydrogen-bond acceptors (Lipinski definition) is 5. The van der Waals surface area contributed by atoms with Crippen LogP contribution in [-0.4, -0.2) is 43.2 Å². The summed E-state index contributed by atoms with van der Waals surface area (Å²) in [6.07, 6.45) is 0. The minimum absolute atomic E-state index is 0.0982. The number of benzene rings is 3. The van der Waals surface area contributed by atoms with Crippen molar-refractivity contribution in [1.82, 2.24) is 4.90 Å². The first-order chi connectivity index (χ1) is 16.1. The van der Waals surface area contributed by atoms with Gasteiger partial charge in [-0.25, -0.2) is 0 Å². The van der Waals surface area contributed by atoms with E-state index in [0.717, 1.165) is 16.8 Å². The van der Waals surface area contributed by atoms with Crippen molar-refractivity contribution in [2.75, 3.05) is 31.4 Å². The number of methoxy groups -OCH3 is 2. The van der Waals surface area contributed by atoms with E-state index in [1.165, 1.54) is 11.8 Å². The molecule has 0 N–H and O–H groups in total. The molecule has 0 saturated carbocycles. The number of fused-ring (bicyclic) bond motifs is 2. The van der Waals surface area contributed by atoms with E-state index in [-0.39, 0.29) is 11.8 Å². The predicted molar refractivity (Wildman–Crippen MR) is 129 cm³/mol. The fraction of sp³-hybridized carbons (Fsp3) is 0.231. The molecule has 0 radical (unpaired) electrons. The van der Waals surface area contributed by atoms with Gasteiger partial charge in [-0.3, -0.25) is 9.59 Å². The molecule has 2 amide bonds. The molecule has 0 bridgehead atoms. The van der Waals surface area contributed by atoms with E-state index in [1.807, 2.05) is 48.5 Å². The Kier molecular flexibility index (Phi) is 5.50. The van der Waals surface area contributed by atoms with Crippen LogP contribution in [0, 0.1) is 0 Å². The Balaban J connectivity index is 1.59. The van der Waals surface area contributed by atoms with Crippen LogP contribution in [0.1, 0.15) is 21.5 Å². The molecule has 3 aromatic carbocycles. The topological polar surface area (TPSA) is 59.1 Å². The van der Waals surface area contributed by atoms with Gasteiger partial charge in [0.15, 0.2) is 4.87 Å². The summed E-state index contributed by atoms with van der Waals surface area (Å²) in [4.78, 5) is 30.1. The fourth-order valence-corrected chi connectivity index (χ4v) is 5.99. The van der Waals surface area contributed by atoms with Crippen LogP contribution in [0.15, 0.2) is 72.8 Å². The summed E-state index contributed by atoms with van der Waals surface area (Å²) in [5.74, 6) is 1.74. The Hall–Kier alpha value is -3.45. The molecule has 1 spiro atoms. The third-order valence-corrected chi connectivity index (χ3v) is 7.59. The zero-order valence-electron chi connectivity index (χ0n) is 18.5. The van der Waals surface area contributed by atoms with Crippen LogP contribution in [0.5, 0.6) is 11.5 Å². The number of carbonyl (C=O) groups is 2. The highest BCUT2D eigenvalue weighted by Crippen LogP contribution is 2.55. The average molecular weight is 461 g/mol. The third-order valence-electron chi connectivity index (χ3n) is 6.17. The molecular formula is C26H24N2O4S. The Morgan fingerprint density at radius 1 is 0.970 bits per heavy atom. The van der Waals surface area contributed by atoms with Gasteiger partial charge in [-0.2, -0.15) is 0 Å². The summed E-state index contributed by atoms with van der Waals surface area (Å²) >= 11 is 1.51. The van der Waals surface area contributed by atoms with Crippen LogP contribution < -0.4 is 14.4 Å². The number of rotatable bonds is 5. The van der Waals surface area contributed by atoms with E-state index < -0.39 is 4.87 Å². The zero-order chi connectivity index (χ0) is 23.0. The van der Waals surface area contributed by atoms with Crippen LogP contribution in [-0.2, 0) is 16.2 Å². The van der Waals surface area contributed by atoms with Crippen LogP contribution >= 0.6 is 11.8 Å². The number of amides is 2. The second-order valence-corrected chi connectivity index (χ2v) is 9.23. The van der Waals surface area contributed by atoms with E-state index in [4.69, 9.17) is 9.47 Å². The molecule has 0 aliphatic carbocycles. The molecule has 0 unspecified atom stereocenters. The average Bonchev–Trinajstić information content (AvgIpc) is 3.41. The van der Waals surface area contributed by atoms with Gasteiger partial charge in [0.25, 0.3) is 11.8 Å². The van der Waals surface area contributed by atoms with Crippen LogP contribution in [0.3, 0.4) is 0 Å². The fourth-order valence-electron chi connectivity index (χ4n) is 4.53. The largest absolute Gasteiger partial charge is 0.497 e. The second kappa shape index (κ2) is 8.48. The number of ether oxygens (including phenoxy) is 2. The number of hydrogen-bond donors (Lipinski definition) is 0. The molecule has 168 valence electrons. The maximum atomic E-state index is 14.1. The van der Waals surface area contributed by atoms with Crippen molar-refractivity contribution in [3.05, 3.63) is 89.5 Å². The molecular weight excluding hydrogens is 436 g/mol. The van der Waals surface area contributed by atoms with Crippen molar-refractivity contribution in [2.24, 2.45) is 0 Å². The lowest BCUT2D eigenvalue weighted by atomic mass is 10.0. The van der Waals surface area contributed by atoms with Gasteiger partial charge in [0.05, 0.1) is 26.5 Å². The Labute approximate surface area is 197 Å². The Morgan fingerprint density at radius 2 is 1.67 bits per heavy atom. The SMILES string of the molecule is COc1ccc(C(=O)N2CCS[C@]23C(=O)N(Cc2ccccc2)c2ccc(OC)cc23)cc1. The lowest BCUT2D eigenvalue weighted by Gasteiger charge is -2.33. The lowest BCUT2D eigenvalue weighted by Crippen LogP contribution is -2.50. The van der Waals surface area contributed by atoms with Gasteiger partial charge >= 0.3 is 0 Å². The molecule has 2 aliphatic rings. The van der Waals surface area contributed by atoms with Gasteiger partial charge < -0.3 is 19.3 Å². The lowest BCUT2D eigenvalue weighted by molar-refractivity contribution is -0.123. The first kappa shape index (κ1) is 21.4. The molecule has 1 fully saturated rings. The van der Waals surface area contributed by atoms with E-state index in [1.54, 1.807) is 48.3 Å². The summed E-state index contributed by atoms with van der Waals surface area (Å²) in [5, 5.41) is 0. The highest BCUT2D eigenvalue weighted by atomic mass is 32.2. The van der Waals surface area contributed by atoms with Crippen molar-refractivity contribution in [2.45, 2.75) is 11.4 Å². The quantitative estimate of drug-likeness (QED) is 0.569. The van der Waals surface area contributed by atoms with Crippen LogP contribution in [0.2, 0.25) is 0 Å². The molecule has 3 aromatic rings. The molecule has 33 heavy (non-hydrogen) atoms. The molecule has 1 atom stereocenters. The normalized spacial score (nSPS) is 19.2. The van der Waals surface area contributed by atoms with Gasteiger partial charge in [-0.1, -0.05) is 30.3 Å². The van der Waals surface area contributed by atoms with Gasteiger partial charge in [0.2, 0.25) is 0 Å². The van der Waals surface area contributed by atoms with Crippen molar-refractivity contribution in [1.29, 1.82) is 0 Å². The molecule has 6 nitrogen and oxygen atoms in total. The number of nitrogens with zero attached hydrogens (tertiary/aromatic N) is 2. The van der Waals surface area contributed by atoms with Crippen molar-refractivity contribution >= 4 is 29.3 Å². The van der Waals surface area contributed by atoms with Crippen molar-refractivity contribution < 1.29 is 19.1 Å². The summed E-state index contributed by atoms with van der Waals surface area (Å²) in [7, 11) is 3.20. The summed E-state index contributed by atoms with van der Waals surface area (Å²) in [6, 6.07) is 22.6. The Bertz CT molecular complexity index is 1200. The molecule has 7 heteroatoms. The maximum Gasteiger partial charge on any atom is 0.268 e. The molecule has 5 rings (SSSR count). The number of anilines is 1. The smallest absolute Gasteiger partial charge is 0.268 e. The number of thioether (sulfide) groups is 1. The monoisotopic (exact) mass is 460 g/mol. The van der Waals surface area contributed by atoms with Gasteiger partial charge in [0.1, 0.15) is 11.5 Å². The summed E-state index contributed by atoms with van der Waals surface area (Å²) in [5.41, 5.74) is 3.16. The molecule has 2 heterocycles. The highest BCUT2D eigenvalue weighted by Gasteiger charge is 2.59. The maximum absolute atomic E-state index is 14.1. The van der Waals surface area contributed by atoms with Crippen LogP contribution in [0.25, 0.3) is 0 Å². The summed E-state index contributed by atoms with van der Waals surface area (Å²) < 4.78 is 10.7.